The minimum Gasteiger partial charge on any atom is -0.392 e. The van der Waals surface area contributed by atoms with E-state index in [-0.39, 0.29) is 10.0 Å². The number of halogens is 6. The van der Waals surface area contributed by atoms with Gasteiger partial charge in [-0.15, -0.1) is 13.2 Å². The van der Waals surface area contributed by atoms with Crippen LogP contribution in [0.2, 0.25) is 0 Å². The fourth-order valence-corrected chi connectivity index (χ4v) is 1.59. The number of rotatable bonds is 3. The predicted octanol–water partition coefficient (Wildman–Crippen LogP) is 3.17. The largest absolute Gasteiger partial charge is 0.574 e. The molecule has 0 aliphatic heterocycles. The summed E-state index contributed by atoms with van der Waals surface area (Å²) in [5.41, 5.74) is -1.11. The molecule has 3 nitrogen and oxygen atoms in total. The van der Waals surface area contributed by atoms with Gasteiger partial charge in [0.25, 0.3) is 6.43 Å². The summed E-state index contributed by atoms with van der Waals surface area (Å²) in [6.07, 6.45) is -7.52. The number of ether oxygens (including phenoxy) is 1. The zero-order valence-electron chi connectivity index (χ0n) is 7.93. The van der Waals surface area contributed by atoms with E-state index in [1.54, 1.807) is 0 Å². The maximum atomic E-state index is 12.6. The lowest BCUT2D eigenvalue weighted by molar-refractivity contribution is -0.276. The van der Waals surface area contributed by atoms with Crippen LogP contribution >= 0.6 is 15.9 Å². The van der Waals surface area contributed by atoms with Crippen LogP contribution < -0.4 is 4.74 Å². The number of aromatic nitrogens is 1. The number of aliphatic hydroxyl groups excluding tert-OH is 1. The van der Waals surface area contributed by atoms with E-state index < -0.39 is 30.8 Å². The van der Waals surface area contributed by atoms with Gasteiger partial charge < -0.3 is 9.84 Å². The summed E-state index contributed by atoms with van der Waals surface area (Å²) in [7, 11) is 0. The molecule has 0 bridgehead atoms. The highest BCUT2D eigenvalue weighted by Gasteiger charge is 2.35. The number of nitrogens with zero attached hydrogens (tertiary/aromatic N) is 1. The Kier molecular flexibility index (Phi) is 4.26. The maximum absolute atomic E-state index is 12.6. The van der Waals surface area contributed by atoms with Crippen molar-refractivity contribution < 1.29 is 31.8 Å². The van der Waals surface area contributed by atoms with Crippen LogP contribution in [0.25, 0.3) is 0 Å². The molecule has 1 aromatic rings. The van der Waals surface area contributed by atoms with Gasteiger partial charge in [-0.1, -0.05) is 0 Å². The molecule has 0 saturated carbocycles. The molecule has 0 atom stereocenters. The van der Waals surface area contributed by atoms with Crippen LogP contribution in [0.15, 0.2) is 10.7 Å². The van der Waals surface area contributed by atoms with Crippen LogP contribution in [-0.4, -0.2) is 16.5 Å². The first-order valence-electron chi connectivity index (χ1n) is 4.08. The lowest BCUT2D eigenvalue weighted by atomic mass is 10.2. The Hall–Kier alpha value is -0.960. The zero-order valence-corrected chi connectivity index (χ0v) is 9.52. The highest BCUT2D eigenvalue weighted by Crippen LogP contribution is 2.38. The van der Waals surface area contributed by atoms with Gasteiger partial charge in [0.15, 0.2) is 0 Å². The third-order valence-corrected chi connectivity index (χ3v) is 2.62. The molecule has 0 aliphatic carbocycles. The Morgan fingerprint density at radius 2 is 2.00 bits per heavy atom. The summed E-state index contributed by atoms with van der Waals surface area (Å²) >= 11 is 2.67. The summed E-state index contributed by atoms with van der Waals surface area (Å²) < 4.78 is 64.0. The third kappa shape index (κ3) is 3.50. The summed E-state index contributed by atoms with van der Waals surface area (Å²) in [4.78, 5) is 3.10. The average Bonchev–Trinajstić information content (AvgIpc) is 2.14. The van der Waals surface area contributed by atoms with Gasteiger partial charge >= 0.3 is 6.36 Å². The number of hydrogen-bond acceptors (Lipinski definition) is 3. The molecular weight excluding hydrogens is 317 g/mol. The predicted molar refractivity (Wildman–Crippen MR) is 49.5 cm³/mol. The highest BCUT2D eigenvalue weighted by molar-refractivity contribution is 9.10. The summed E-state index contributed by atoms with van der Waals surface area (Å²) in [6, 6.07) is 0. The molecule has 0 amide bonds. The van der Waals surface area contributed by atoms with Gasteiger partial charge in [0.05, 0.1) is 12.2 Å². The van der Waals surface area contributed by atoms with E-state index in [9.17, 15) is 22.0 Å². The van der Waals surface area contributed by atoms with Crippen LogP contribution in [0.1, 0.15) is 17.6 Å². The molecule has 0 fully saturated rings. The van der Waals surface area contributed by atoms with Crippen LogP contribution in [0, 0.1) is 0 Å². The molecule has 1 heterocycles. The molecule has 9 heteroatoms. The van der Waals surface area contributed by atoms with Gasteiger partial charge in [0.2, 0.25) is 5.88 Å². The first kappa shape index (κ1) is 14.1. The van der Waals surface area contributed by atoms with E-state index in [1.165, 1.54) is 0 Å². The van der Waals surface area contributed by atoms with Crippen LogP contribution in [0.3, 0.4) is 0 Å². The molecular formula is C8H5BrF5NO2. The van der Waals surface area contributed by atoms with Gasteiger partial charge in [-0.3, -0.25) is 0 Å². The SMILES string of the molecule is OCc1cnc(OC(F)(F)F)c(C(F)F)c1Br. The fraction of sp³-hybridized carbons (Fsp3) is 0.375. The van der Waals surface area contributed by atoms with Crippen molar-refractivity contribution in [1.82, 2.24) is 4.98 Å². The van der Waals surface area contributed by atoms with Crippen LogP contribution in [0.5, 0.6) is 5.88 Å². The minimum absolute atomic E-state index is 0.0603. The Balaban J connectivity index is 3.27. The Labute approximate surface area is 100 Å². The summed E-state index contributed by atoms with van der Waals surface area (Å²) in [5.74, 6) is -1.24. The van der Waals surface area contributed by atoms with E-state index in [4.69, 9.17) is 5.11 Å². The number of aliphatic hydroxyl groups is 1. The lowest BCUT2D eigenvalue weighted by Gasteiger charge is -2.14. The van der Waals surface area contributed by atoms with Crippen molar-refractivity contribution >= 4 is 15.9 Å². The van der Waals surface area contributed by atoms with Gasteiger partial charge in [0, 0.05) is 16.2 Å². The molecule has 0 unspecified atom stereocenters. The monoisotopic (exact) mass is 321 g/mol. The van der Waals surface area contributed by atoms with Crippen molar-refractivity contribution in [2.45, 2.75) is 19.4 Å². The maximum Gasteiger partial charge on any atom is 0.574 e. The quantitative estimate of drug-likeness (QED) is 0.869. The number of pyridine rings is 1. The molecule has 96 valence electrons. The van der Waals surface area contributed by atoms with Crippen molar-refractivity contribution in [3.8, 4) is 5.88 Å². The highest BCUT2D eigenvalue weighted by atomic mass is 79.9. The topological polar surface area (TPSA) is 42.4 Å². The van der Waals surface area contributed by atoms with Crippen molar-refractivity contribution in [3.05, 3.63) is 21.8 Å². The average molecular weight is 322 g/mol. The van der Waals surface area contributed by atoms with Crippen LogP contribution in [-0.2, 0) is 6.61 Å². The Morgan fingerprint density at radius 3 is 2.41 bits per heavy atom. The molecule has 1 rings (SSSR count). The second-order valence-corrected chi connectivity index (χ2v) is 3.62. The smallest absolute Gasteiger partial charge is 0.392 e. The van der Waals surface area contributed by atoms with E-state index in [2.05, 4.69) is 25.7 Å². The fourth-order valence-electron chi connectivity index (χ4n) is 1.02. The molecule has 0 spiro atoms. The zero-order chi connectivity index (χ0) is 13.2. The second kappa shape index (κ2) is 5.13. The molecule has 1 aromatic heterocycles. The van der Waals surface area contributed by atoms with Crippen molar-refractivity contribution in [1.29, 1.82) is 0 Å². The first-order valence-corrected chi connectivity index (χ1v) is 4.87. The number of hydrogen-bond donors (Lipinski definition) is 1. The molecule has 17 heavy (non-hydrogen) atoms. The van der Waals surface area contributed by atoms with Gasteiger partial charge in [0.1, 0.15) is 0 Å². The third-order valence-electron chi connectivity index (χ3n) is 1.69. The second-order valence-electron chi connectivity index (χ2n) is 2.82. The van der Waals surface area contributed by atoms with Crippen molar-refractivity contribution in [2.24, 2.45) is 0 Å². The molecule has 1 N–H and O–H groups in total. The molecule has 0 aromatic carbocycles. The van der Waals surface area contributed by atoms with Crippen molar-refractivity contribution in [2.75, 3.05) is 0 Å². The van der Waals surface area contributed by atoms with Gasteiger partial charge in [-0.05, 0) is 15.9 Å². The normalized spacial score (nSPS) is 12.0. The van der Waals surface area contributed by atoms with Crippen molar-refractivity contribution in [3.63, 3.8) is 0 Å². The molecule has 0 radical (unpaired) electrons. The summed E-state index contributed by atoms with van der Waals surface area (Å²) in [6.45, 7) is -0.639. The van der Waals surface area contributed by atoms with E-state index in [0.717, 1.165) is 6.20 Å². The van der Waals surface area contributed by atoms with Gasteiger partial charge in [-0.2, -0.15) is 0 Å². The van der Waals surface area contributed by atoms with E-state index >= 15 is 0 Å². The van der Waals surface area contributed by atoms with Gasteiger partial charge in [-0.25, -0.2) is 13.8 Å². The Morgan fingerprint density at radius 1 is 1.41 bits per heavy atom. The van der Waals surface area contributed by atoms with E-state index in [0.29, 0.717) is 0 Å². The lowest BCUT2D eigenvalue weighted by Crippen LogP contribution is -2.19. The summed E-state index contributed by atoms with van der Waals surface area (Å²) in [5, 5.41) is 8.77. The first-order chi connectivity index (χ1) is 7.76. The molecule has 0 aliphatic rings. The van der Waals surface area contributed by atoms with E-state index in [1.807, 2.05) is 0 Å². The van der Waals surface area contributed by atoms with Crippen LogP contribution in [0.4, 0.5) is 22.0 Å². The Bertz CT molecular complexity index is 410. The number of alkyl halides is 5. The standard InChI is InChI=1S/C8H5BrF5NO2/c9-5-3(2-16)1-15-7(4(5)6(10)11)17-8(12,13)14/h1,6,16H,2H2. The molecule has 0 saturated heterocycles. The minimum atomic E-state index is -5.11.